The Hall–Kier alpha value is -3.14. The number of para-hydroxylation sites is 1. The van der Waals surface area contributed by atoms with Gasteiger partial charge in [-0.05, 0) is 30.7 Å². The van der Waals surface area contributed by atoms with Crippen molar-refractivity contribution in [2.75, 3.05) is 0 Å². The van der Waals surface area contributed by atoms with Crippen molar-refractivity contribution in [2.45, 2.75) is 13.5 Å². The number of nitrogens with one attached hydrogen (secondary N) is 1. The van der Waals surface area contributed by atoms with Gasteiger partial charge in [-0.1, -0.05) is 48.0 Å². The van der Waals surface area contributed by atoms with Crippen LogP contribution in [0.15, 0.2) is 73.1 Å². The smallest absolute Gasteiger partial charge is 0.244 e. The normalized spacial score (nSPS) is 10.9. The van der Waals surface area contributed by atoms with Crippen molar-refractivity contribution in [1.29, 1.82) is 0 Å². The van der Waals surface area contributed by atoms with Crippen LogP contribution in [0, 0.1) is 6.92 Å². The number of amides is 1. The Morgan fingerprint density at radius 3 is 2.62 bits per heavy atom. The van der Waals surface area contributed by atoms with Crippen molar-refractivity contribution in [1.82, 2.24) is 15.1 Å². The molecule has 4 heteroatoms. The summed E-state index contributed by atoms with van der Waals surface area (Å²) >= 11 is 0. The number of benzene rings is 2. The Labute approximate surface area is 141 Å². The third-order valence-corrected chi connectivity index (χ3v) is 3.64. The van der Waals surface area contributed by atoms with E-state index in [2.05, 4.69) is 10.4 Å². The molecule has 1 N–H and O–H groups in total. The van der Waals surface area contributed by atoms with Gasteiger partial charge in [0.25, 0.3) is 0 Å². The number of nitrogens with zero attached hydrogens (tertiary/aromatic N) is 2. The van der Waals surface area contributed by atoms with Gasteiger partial charge in [0.05, 0.1) is 11.9 Å². The minimum Gasteiger partial charge on any atom is -0.348 e. The Bertz CT molecular complexity index is 833. The van der Waals surface area contributed by atoms with Crippen molar-refractivity contribution in [3.63, 3.8) is 0 Å². The van der Waals surface area contributed by atoms with E-state index in [1.54, 1.807) is 17.0 Å². The van der Waals surface area contributed by atoms with E-state index in [1.807, 2.05) is 67.7 Å². The minimum absolute atomic E-state index is 0.122. The van der Waals surface area contributed by atoms with Crippen molar-refractivity contribution in [2.24, 2.45) is 0 Å². The van der Waals surface area contributed by atoms with Gasteiger partial charge in [-0.15, -0.1) is 0 Å². The van der Waals surface area contributed by atoms with Crippen LogP contribution in [-0.2, 0) is 11.3 Å². The zero-order chi connectivity index (χ0) is 16.8. The summed E-state index contributed by atoms with van der Waals surface area (Å²) in [6.45, 7) is 2.56. The zero-order valence-electron chi connectivity index (χ0n) is 13.5. The van der Waals surface area contributed by atoms with Gasteiger partial charge in [0, 0.05) is 24.4 Å². The molecule has 0 atom stereocenters. The standard InChI is InChI=1S/C20H19N3O/c1-16-7-9-17(10-8-16)13-21-20(24)12-11-18-14-22-23(15-18)19-5-3-2-4-6-19/h2-12,14-15H,13H2,1H3,(H,21,24)/b12-11+. The van der Waals surface area contributed by atoms with Crippen molar-refractivity contribution >= 4 is 12.0 Å². The quantitative estimate of drug-likeness (QED) is 0.732. The maximum Gasteiger partial charge on any atom is 0.244 e. The topological polar surface area (TPSA) is 46.9 Å². The fraction of sp³-hybridized carbons (Fsp3) is 0.100. The Balaban J connectivity index is 1.56. The Morgan fingerprint density at radius 2 is 1.88 bits per heavy atom. The molecule has 0 radical (unpaired) electrons. The van der Waals surface area contributed by atoms with E-state index in [9.17, 15) is 4.79 Å². The van der Waals surface area contributed by atoms with E-state index >= 15 is 0 Å². The highest BCUT2D eigenvalue weighted by atomic mass is 16.1. The van der Waals surface area contributed by atoms with Gasteiger partial charge >= 0.3 is 0 Å². The molecule has 0 aliphatic carbocycles. The number of rotatable bonds is 5. The molecule has 2 aromatic carbocycles. The summed E-state index contributed by atoms with van der Waals surface area (Å²) in [5.74, 6) is -0.122. The Morgan fingerprint density at radius 1 is 1.12 bits per heavy atom. The molecule has 0 aliphatic heterocycles. The fourth-order valence-electron chi connectivity index (χ4n) is 2.27. The first-order chi connectivity index (χ1) is 11.7. The highest BCUT2D eigenvalue weighted by molar-refractivity contribution is 5.91. The largest absolute Gasteiger partial charge is 0.348 e. The van der Waals surface area contributed by atoms with Crippen LogP contribution in [-0.4, -0.2) is 15.7 Å². The second-order valence-corrected chi connectivity index (χ2v) is 5.59. The first-order valence-electron chi connectivity index (χ1n) is 7.82. The molecule has 120 valence electrons. The molecule has 0 saturated heterocycles. The number of carbonyl (C=O) groups is 1. The van der Waals surface area contributed by atoms with E-state index in [0.717, 1.165) is 16.8 Å². The van der Waals surface area contributed by atoms with Gasteiger partial charge in [-0.3, -0.25) is 4.79 Å². The molecule has 0 fully saturated rings. The molecule has 0 unspecified atom stereocenters. The summed E-state index contributed by atoms with van der Waals surface area (Å²) in [6, 6.07) is 18.0. The molecule has 0 bridgehead atoms. The predicted molar refractivity (Wildman–Crippen MR) is 95.6 cm³/mol. The highest BCUT2D eigenvalue weighted by Crippen LogP contribution is 2.08. The molecule has 0 aliphatic rings. The highest BCUT2D eigenvalue weighted by Gasteiger charge is 2.00. The summed E-state index contributed by atoms with van der Waals surface area (Å²) < 4.78 is 1.78. The van der Waals surface area contributed by atoms with E-state index in [-0.39, 0.29) is 5.91 Å². The van der Waals surface area contributed by atoms with Crippen LogP contribution in [0.2, 0.25) is 0 Å². The molecule has 1 aromatic heterocycles. The molecular weight excluding hydrogens is 298 g/mol. The van der Waals surface area contributed by atoms with Gasteiger partial charge in [0.15, 0.2) is 0 Å². The summed E-state index contributed by atoms with van der Waals surface area (Å²) in [6.07, 6.45) is 6.91. The molecule has 1 amide bonds. The van der Waals surface area contributed by atoms with Gasteiger partial charge in [0.2, 0.25) is 5.91 Å². The van der Waals surface area contributed by atoms with Gasteiger partial charge in [-0.2, -0.15) is 5.10 Å². The van der Waals surface area contributed by atoms with E-state index in [4.69, 9.17) is 0 Å². The van der Waals surface area contributed by atoms with Gasteiger partial charge in [0.1, 0.15) is 0 Å². The molecule has 3 rings (SSSR count). The first-order valence-corrected chi connectivity index (χ1v) is 7.82. The number of hydrogen-bond acceptors (Lipinski definition) is 2. The van der Waals surface area contributed by atoms with Crippen molar-refractivity contribution in [3.05, 3.63) is 89.8 Å². The van der Waals surface area contributed by atoms with Crippen LogP contribution < -0.4 is 5.32 Å². The summed E-state index contributed by atoms with van der Waals surface area (Å²) in [7, 11) is 0. The summed E-state index contributed by atoms with van der Waals surface area (Å²) in [5.41, 5.74) is 4.16. The van der Waals surface area contributed by atoms with E-state index in [0.29, 0.717) is 6.54 Å². The Kier molecular flexibility index (Phi) is 4.87. The minimum atomic E-state index is -0.122. The van der Waals surface area contributed by atoms with E-state index < -0.39 is 0 Å². The average Bonchev–Trinajstić information content (AvgIpc) is 3.09. The molecule has 24 heavy (non-hydrogen) atoms. The van der Waals surface area contributed by atoms with Gasteiger partial charge in [-0.25, -0.2) is 4.68 Å². The molecule has 0 spiro atoms. The number of aryl methyl sites for hydroxylation is 1. The maximum absolute atomic E-state index is 11.9. The van der Waals surface area contributed by atoms with Crippen LogP contribution in [0.4, 0.5) is 0 Å². The lowest BCUT2D eigenvalue weighted by atomic mass is 10.1. The molecular formula is C20H19N3O. The number of carbonyl (C=O) groups excluding carboxylic acids is 1. The van der Waals surface area contributed by atoms with Crippen molar-refractivity contribution in [3.8, 4) is 5.69 Å². The lowest BCUT2D eigenvalue weighted by Crippen LogP contribution is -2.20. The number of aromatic nitrogens is 2. The van der Waals surface area contributed by atoms with Crippen LogP contribution >= 0.6 is 0 Å². The second kappa shape index (κ2) is 7.42. The summed E-state index contributed by atoms with van der Waals surface area (Å²) in [4.78, 5) is 11.9. The lowest BCUT2D eigenvalue weighted by molar-refractivity contribution is -0.116. The predicted octanol–water partition coefficient (Wildman–Crippen LogP) is 3.51. The van der Waals surface area contributed by atoms with Crippen LogP contribution in [0.5, 0.6) is 0 Å². The fourth-order valence-corrected chi connectivity index (χ4v) is 2.27. The lowest BCUT2D eigenvalue weighted by Gasteiger charge is -2.02. The maximum atomic E-state index is 11.9. The van der Waals surface area contributed by atoms with Crippen LogP contribution in [0.3, 0.4) is 0 Å². The zero-order valence-corrected chi connectivity index (χ0v) is 13.5. The molecule has 1 heterocycles. The van der Waals surface area contributed by atoms with E-state index in [1.165, 1.54) is 11.6 Å². The monoisotopic (exact) mass is 317 g/mol. The molecule has 3 aromatic rings. The SMILES string of the molecule is Cc1ccc(CNC(=O)/C=C/c2cnn(-c3ccccc3)c2)cc1. The molecule has 4 nitrogen and oxygen atoms in total. The van der Waals surface area contributed by atoms with Crippen molar-refractivity contribution < 1.29 is 4.79 Å². The van der Waals surface area contributed by atoms with Crippen LogP contribution in [0.25, 0.3) is 11.8 Å². The van der Waals surface area contributed by atoms with Gasteiger partial charge < -0.3 is 5.32 Å². The average molecular weight is 317 g/mol. The third kappa shape index (κ3) is 4.20. The van der Waals surface area contributed by atoms with Crippen LogP contribution in [0.1, 0.15) is 16.7 Å². The summed E-state index contributed by atoms with van der Waals surface area (Å²) in [5, 5.41) is 7.17. The first kappa shape index (κ1) is 15.7. The molecule has 0 saturated carbocycles. The number of hydrogen-bond donors (Lipinski definition) is 1. The third-order valence-electron chi connectivity index (χ3n) is 3.64. The second-order valence-electron chi connectivity index (χ2n) is 5.59.